The van der Waals surface area contributed by atoms with Crippen LogP contribution in [0.2, 0.25) is 0 Å². The number of alkyl halides is 3. The Labute approximate surface area is 152 Å². The molecular formula is C17H14F3N3O2S. The zero-order valence-corrected chi connectivity index (χ0v) is 14.1. The number of carbonyl (C=O) groups excluding carboxylic acids is 2. The van der Waals surface area contributed by atoms with E-state index in [4.69, 9.17) is 12.2 Å². The maximum absolute atomic E-state index is 12.6. The minimum atomic E-state index is -4.46. The van der Waals surface area contributed by atoms with Gasteiger partial charge in [-0.05, 0) is 42.0 Å². The van der Waals surface area contributed by atoms with E-state index in [9.17, 15) is 22.8 Å². The van der Waals surface area contributed by atoms with E-state index in [1.54, 1.807) is 30.3 Å². The third-order valence-electron chi connectivity index (χ3n) is 3.20. The average Bonchev–Trinajstić information content (AvgIpc) is 2.60. The Morgan fingerprint density at radius 3 is 2.31 bits per heavy atom. The summed E-state index contributed by atoms with van der Waals surface area (Å²) in [6.45, 7) is -0.134. The Balaban J connectivity index is 1.83. The van der Waals surface area contributed by atoms with E-state index in [0.717, 1.165) is 12.1 Å². The van der Waals surface area contributed by atoms with E-state index >= 15 is 0 Å². The molecule has 0 heterocycles. The van der Waals surface area contributed by atoms with Crippen LogP contribution in [0.5, 0.6) is 0 Å². The Morgan fingerprint density at radius 1 is 0.962 bits per heavy atom. The van der Waals surface area contributed by atoms with Crippen LogP contribution in [0.1, 0.15) is 21.5 Å². The largest absolute Gasteiger partial charge is 0.416 e. The van der Waals surface area contributed by atoms with Crippen LogP contribution >= 0.6 is 12.2 Å². The summed E-state index contributed by atoms with van der Waals surface area (Å²) in [6, 6.07) is 12.1. The SMILES string of the molecule is O=C(NCc1cccc(C(F)(F)F)c1)NC(=S)NC(=O)c1ccccc1. The number of rotatable bonds is 3. The molecule has 3 N–H and O–H groups in total. The Bertz CT molecular complexity index is 810. The highest BCUT2D eigenvalue weighted by molar-refractivity contribution is 7.80. The van der Waals surface area contributed by atoms with E-state index in [2.05, 4.69) is 16.0 Å². The molecule has 0 spiro atoms. The second-order valence-corrected chi connectivity index (χ2v) is 5.56. The fraction of sp³-hybridized carbons (Fsp3) is 0.118. The first-order valence-electron chi connectivity index (χ1n) is 7.37. The number of benzene rings is 2. The summed E-state index contributed by atoms with van der Waals surface area (Å²) < 4.78 is 37.9. The molecule has 26 heavy (non-hydrogen) atoms. The summed E-state index contributed by atoms with van der Waals surface area (Å²) in [7, 11) is 0. The molecule has 136 valence electrons. The maximum atomic E-state index is 12.6. The lowest BCUT2D eigenvalue weighted by Gasteiger charge is -2.11. The van der Waals surface area contributed by atoms with Crippen LogP contribution in [0.3, 0.4) is 0 Å². The van der Waals surface area contributed by atoms with Gasteiger partial charge in [0.25, 0.3) is 5.91 Å². The number of hydrogen-bond acceptors (Lipinski definition) is 3. The van der Waals surface area contributed by atoms with Crippen molar-refractivity contribution in [3.8, 4) is 0 Å². The summed E-state index contributed by atoms with van der Waals surface area (Å²) in [6.07, 6.45) is -4.46. The molecule has 0 bridgehead atoms. The van der Waals surface area contributed by atoms with Crippen LogP contribution in [0.25, 0.3) is 0 Å². The lowest BCUT2D eigenvalue weighted by molar-refractivity contribution is -0.137. The molecule has 0 fully saturated rings. The van der Waals surface area contributed by atoms with Gasteiger partial charge < -0.3 is 5.32 Å². The fourth-order valence-corrected chi connectivity index (χ4v) is 2.17. The molecule has 0 radical (unpaired) electrons. The fourth-order valence-electron chi connectivity index (χ4n) is 1.98. The van der Waals surface area contributed by atoms with Gasteiger partial charge in [0.05, 0.1) is 5.56 Å². The predicted molar refractivity (Wildman–Crippen MR) is 93.3 cm³/mol. The molecule has 0 aliphatic carbocycles. The van der Waals surface area contributed by atoms with Gasteiger partial charge in [-0.15, -0.1) is 0 Å². The minimum Gasteiger partial charge on any atom is -0.334 e. The highest BCUT2D eigenvalue weighted by Crippen LogP contribution is 2.29. The van der Waals surface area contributed by atoms with Crippen molar-refractivity contribution in [3.05, 3.63) is 71.3 Å². The second kappa shape index (κ2) is 8.43. The molecule has 2 aromatic rings. The minimum absolute atomic E-state index is 0.134. The number of urea groups is 1. The molecule has 2 aromatic carbocycles. The van der Waals surface area contributed by atoms with Gasteiger partial charge in [0.1, 0.15) is 0 Å². The lowest BCUT2D eigenvalue weighted by atomic mass is 10.1. The molecule has 9 heteroatoms. The third-order valence-corrected chi connectivity index (χ3v) is 3.40. The van der Waals surface area contributed by atoms with Crippen LogP contribution in [0.4, 0.5) is 18.0 Å². The summed E-state index contributed by atoms with van der Waals surface area (Å²) in [4.78, 5) is 23.6. The predicted octanol–water partition coefficient (Wildman–Crippen LogP) is 3.22. The second-order valence-electron chi connectivity index (χ2n) is 5.16. The first-order valence-corrected chi connectivity index (χ1v) is 7.78. The molecule has 0 aliphatic heterocycles. The summed E-state index contributed by atoms with van der Waals surface area (Å²) in [5, 5.41) is 6.69. The van der Waals surface area contributed by atoms with Crippen LogP contribution < -0.4 is 16.0 Å². The first kappa shape index (κ1) is 19.4. The zero-order valence-electron chi connectivity index (χ0n) is 13.3. The number of nitrogens with one attached hydrogen (secondary N) is 3. The van der Waals surface area contributed by atoms with Crippen LogP contribution in [0, 0.1) is 0 Å². The van der Waals surface area contributed by atoms with Gasteiger partial charge in [0.2, 0.25) is 0 Å². The molecular weight excluding hydrogens is 367 g/mol. The summed E-state index contributed by atoms with van der Waals surface area (Å²) in [5.74, 6) is -0.492. The molecule has 3 amide bonds. The van der Waals surface area contributed by atoms with E-state index in [1.807, 2.05) is 0 Å². The average molecular weight is 381 g/mol. The number of amides is 3. The number of carbonyl (C=O) groups is 2. The Hall–Kier alpha value is -2.94. The van der Waals surface area contributed by atoms with E-state index < -0.39 is 23.7 Å². The highest BCUT2D eigenvalue weighted by Gasteiger charge is 2.30. The van der Waals surface area contributed by atoms with Crippen molar-refractivity contribution < 1.29 is 22.8 Å². The molecule has 0 aromatic heterocycles. The van der Waals surface area contributed by atoms with Gasteiger partial charge in [-0.2, -0.15) is 13.2 Å². The standard InChI is InChI=1S/C17H14F3N3O2S/c18-17(19,20)13-8-4-5-11(9-13)10-21-15(25)23-16(26)22-14(24)12-6-2-1-3-7-12/h1-9H,10H2,(H3,21,22,23,24,25,26). The summed E-state index contributed by atoms with van der Waals surface area (Å²) in [5.41, 5.74) is -0.168. The quantitative estimate of drug-likeness (QED) is 0.715. The number of halogens is 3. The van der Waals surface area contributed by atoms with Gasteiger partial charge in [0, 0.05) is 12.1 Å². The third kappa shape index (κ3) is 5.85. The maximum Gasteiger partial charge on any atom is 0.416 e. The van der Waals surface area contributed by atoms with E-state index in [0.29, 0.717) is 5.56 Å². The van der Waals surface area contributed by atoms with Crippen molar-refractivity contribution >= 4 is 29.3 Å². The van der Waals surface area contributed by atoms with Crippen molar-refractivity contribution in [3.63, 3.8) is 0 Å². The molecule has 5 nitrogen and oxygen atoms in total. The van der Waals surface area contributed by atoms with Crippen molar-refractivity contribution in [1.82, 2.24) is 16.0 Å². The van der Waals surface area contributed by atoms with Crippen molar-refractivity contribution in [2.24, 2.45) is 0 Å². The first-order chi connectivity index (χ1) is 12.3. The van der Waals surface area contributed by atoms with Crippen LogP contribution in [-0.4, -0.2) is 17.1 Å². The Kier molecular flexibility index (Phi) is 6.29. The van der Waals surface area contributed by atoms with E-state index in [-0.39, 0.29) is 17.2 Å². The molecule has 0 unspecified atom stereocenters. The lowest BCUT2D eigenvalue weighted by Crippen LogP contribution is -2.46. The zero-order chi connectivity index (χ0) is 19.2. The molecule has 0 saturated heterocycles. The van der Waals surface area contributed by atoms with E-state index in [1.165, 1.54) is 12.1 Å². The van der Waals surface area contributed by atoms with Crippen molar-refractivity contribution in [2.75, 3.05) is 0 Å². The van der Waals surface area contributed by atoms with Gasteiger partial charge in [-0.3, -0.25) is 15.4 Å². The normalized spacial score (nSPS) is 10.7. The summed E-state index contributed by atoms with van der Waals surface area (Å²) >= 11 is 4.85. The molecule has 0 saturated carbocycles. The molecule has 0 aliphatic rings. The smallest absolute Gasteiger partial charge is 0.334 e. The topological polar surface area (TPSA) is 70.2 Å². The van der Waals surface area contributed by atoms with Crippen LogP contribution in [-0.2, 0) is 12.7 Å². The van der Waals surface area contributed by atoms with Crippen molar-refractivity contribution in [1.29, 1.82) is 0 Å². The highest BCUT2D eigenvalue weighted by atomic mass is 32.1. The molecule has 2 rings (SSSR count). The van der Waals surface area contributed by atoms with Gasteiger partial charge >= 0.3 is 12.2 Å². The van der Waals surface area contributed by atoms with Gasteiger partial charge in [-0.1, -0.05) is 30.3 Å². The Morgan fingerprint density at radius 2 is 1.65 bits per heavy atom. The molecule has 0 atom stereocenters. The van der Waals surface area contributed by atoms with Crippen molar-refractivity contribution in [2.45, 2.75) is 12.7 Å². The monoisotopic (exact) mass is 381 g/mol. The van der Waals surface area contributed by atoms with Crippen LogP contribution in [0.15, 0.2) is 54.6 Å². The number of hydrogen-bond donors (Lipinski definition) is 3. The number of thiocarbonyl (C=S) groups is 1. The van der Waals surface area contributed by atoms with Gasteiger partial charge in [-0.25, -0.2) is 4.79 Å². The van der Waals surface area contributed by atoms with Gasteiger partial charge in [0.15, 0.2) is 5.11 Å².